The minimum Gasteiger partial charge on any atom is -0.478 e. The Morgan fingerprint density at radius 3 is 2.70 bits per heavy atom. The largest absolute Gasteiger partial charge is 0.478 e. The number of carboxylic acid groups (broad SMARTS) is 1. The third-order valence-electron chi connectivity index (χ3n) is 3.50. The molecule has 1 saturated heterocycles. The average Bonchev–Trinajstić information content (AvgIpc) is 2.38. The van der Waals surface area contributed by atoms with Crippen LogP contribution in [0.3, 0.4) is 0 Å². The van der Waals surface area contributed by atoms with Gasteiger partial charge in [0.2, 0.25) is 0 Å². The van der Waals surface area contributed by atoms with Crippen LogP contribution in [-0.2, 0) is 0 Å². The van der Waals surface area contributed by atoms with Crippen LogP contribution in [0.25, 0.3) is 0 Å². The number of anilines is 2. The molecule has 3 N–H and O–H groups in total. The molecule has 0 radical (unpaired) electrons. The molecule has 1 atom stereocenters. The summed E-state index contributed by atoms with van der Waals surface area (Å²) in [5.74, 6) is -2.53. The van der Waals surface area contributed by atoms with E-state index in [1.807, 2.05) is 0 Å². The minimum absolute atomic E-state index is 0.0170. The lowest BCUT2D eigenvalue weighted by Gasteiger charge is -2.36. The van der Waals surface area contributed by atoms with E-state index in [-0.39, 0.29) is 24.2 Å². The van der Waals surface area contributed by atoms with Crippen LogP contribution < -0.4 is 10.6 Å². The molecule has 0 aromatic heterocycles. The van der Waals surface area contributed by atoms with Crippen molar-refractivity contribution >= 4 is 17.3 Å². The zero-order chi connectivity index (χ0) is 14.9. The second kappa shape index (κ2) is 5.22. The fourth-order valence-corrected chi connectivity index (χ4v) is 2.41. The summed E-state index contributed by atoms with van der Waals surface area (Å²) in [6, 6.07) is 4.08. The van der Waals surface area contributed by atoms with Crippen LogP contribution in [0.15, 0.2) is 18.2 Å². The Morgan fingerprint density at radius 1 is 1.40 bits per heavy atom. The van der Waals surface area contributed by atoms with Crippen LogP contribution in [0.4, 0.5) is 24.5 Å². The van der Waals surface area contributed by atoms with Crippen molar-refractivity contribution in [2.24, 2.45) is 5.92 Å². The van der Waals surface area contributed by atoms with Gasteiger partial charge >= 0.3 is 12.1 Å². The summed E-state index contributed by atoms with van der Waals surface area (Å²) in [6.07, 6.45) is -3.74. The molecule has 0 spiro atoms. The van der Waals surface area contributed by atoms with Gasteiger partial charge in [-0.1, -0.05) is 0 Å². The number of benzene rings is 1. The van der Waals surface area contributed by atoms with Crippen molar-refractivity contribution in [2.45, 2.75) is 19.0 Å². The second-order valence-electron chi connectivity index (χ2n) is 4.91. The van der Waals surface area contributed by atoms with Gasteiger partial charge in [-0.3, -0.25) is 0 Å². The summed E-state index contributed by atoms with van der Waals surface area (Å²) >= 11 is 0. The van der Waals surface area contributed by atoms with Crippen LogP contribution in [-0.4, -0.2) is 30.3 Å². The number of rotatable bonds is 2. The van der Waals surface area contributed by atoms with Crippen LogP contribution >= 0.6 is 0 Å². The SMILES string of the molecule is Nc1ccc(C(=O)O)cc1N1CCCC(C(F)(F)F)C1. The number of nitrogens with two attached hydrogens (primary N) is 1. The molecule has 1 unspecified atom stereocenters. The van der Waals surface area contributed by atoms with Gasteiger partial charge in [0.25, 0.3) is 0 Å². The number of carboxylic acids is 1. The maximum atomic E-state index is 12.8. The van der Waals surface area contributed by atoms with Gasteiger partial charge in [0.15, 0.2) is 0 Å². The van der Waals surface area contributed by atoms with E-state index in [0.29, 0.717) is 18.7 Å². The van der Waals surface area contributed by atoms with Gasteiger partial charge in [0.05, 0.1) is 22.9 Å². The van der Waals surface area contributed by atoms with E-state index in [1.54, 1.807) is 0 Å². The molecule has 1 aromatic carbocycles. The number of alkyl halides is 3. The normalized spacial score (nSPS) is 19.9. The number of hydrogen-bond acceptors (Lipinski definition) is 3. The summed E-state index contributed by atoms with van der Waals surface area (Å²) < 4.78 is 38.4. The summed E-state index contributed by atoms with van der Waals surface area (Å²) in [6.45, 7) is 0.261. The highest BCUT2D eigenvalue weighted by Gasteiger charge is 2.42. The summed E-state index contributed by atoms with van der Waals surface area (Å²) in [5.41, 5.74) is 6.43. The molecular formula is C13H15F3N2O2. The highest BCUT2D eigenvalue weighted by Crippen LogP contribution is 2.36. The first-order chi connectivity index (χ1) is 9.29. The summed E-state index contributed by atoms with van der Waals surface area (Å²) in [4.78, 5) is 12.4. The van der Waals surface area contributed by atoms with Gasteiger partial charge in [-0.2, -0.15) is 13.2 Å². The van der Waals surface area contributed by atoms with Crippen LogP contribution in [0.2, 0.25) is 0 Å². The fourth-order valence-electron chi connectivity index (χ4n) is 2.41. The number of halogens is 3. The first kappa shape index (κ1) is 14.5. The van der Waals surface area contributed by atoms with Gasteiger partial charge < -0.3 is 15.7 Å². The number of nitrogens with zero attached hydrogens (tertiary/aromatic N) is 1. The molecule has 4 nitrogen and oxygen atoms in total. The maximum absolute atomic E-state index is 12.8. The number of carbonyl (C=O) groups is 1. The van der Waals surface area contributed by atoms with Gasteiger partial charge in [-0.05, 0) is 31.0 Å². The maximum Gasteiger partial charge on any atom is 0.393 e. The first-order valence-electron chi connectivity index (χ1n) is 6.23. The highest BCUT2D eigenvalue weighted by molar-refractivity contribution is 5.90. The molecule has 2 rings (SSSR count). The molecule has 0 bridgehead atoms. The number of piperidine rings is 1. The molecule has 0 amide bonds. The Labute approximate surface area is 114 Å². The monoisotopic (exact) mass is 288 g/mol. The summed E-state index contributed by atoms with van der Waals surface area (Å²) in [7, 11) is 0. The predicted molar refractivity (Wildman–Crippen MR) is 68.8 cm³/mol. The number of aromatic carboxylic acids is 1. The molecule has 0 saturated carbocycles. The highest BCUT2D eigenvalue weighted by atomic mass is 19.4. The van der Waals surface area contributed by atoms with Gasteiger partial charge in [-0.15, -0.1) is 0 Å². The van der Waals surface area contributed by atoms with Crippen LogP contribution in [0.5, 0.6) is 0 Å². The molecule has 1 heterocycles. The molecule has 7 heteroatoms. The Bertz CT molecular complexity index is 517. The summed E-state index contributed by atoms with van der Waals surface area (Å²) in [5, 5.41) is 8.94. The lowest BCUT2D eigenvalue weighted by molar-refractivity contribution is -0.175. The minimum atomic E-state index is -4.24. The lowest BCUT2D eigenvalue weighted by Crippen LogP contribution is -2.42. The predicted octanol–water partition coefficient (Wildman–Crippen LogP) is 2.75. The lowest BCUT2D eigenvalue weighted by atomic mass is 9.96. The molecule has 0 aliphatic carbocycles. The Morgan fingerprint density at radius 2 is 2.10 bits per heavy atom. The van der Waals surface area contributed by atoms with E-state index in [0.717, 1.165) is 0 Å². The topological polar surface area (TPSA) is 66.6 Å². The average molecular weight is 288 g/mol. The second-order valence-corrected chi connectivity index (χ2v) is 4.91. The third kappa shape index (κ3) is 2.97. The molecule has 1 aromatic rings. The molecule has 1 aliphatic rings. The van der Waals surface area contributed by atoms with Gasteiger partial charge in [-0.25, -0.2) is 4.79 Å². The fraction of sp³-hybridized carbons (Fsp3) is 0.462. The van der Waals surface area contributed by atoms with E-state index in [4.69, 9.17) is 10.8 Å². The van der Waals surface area contributed by atoms with Gasteiger partial charge in [0, 0.05) is 13.1 Å². The van der Waals surface area contributed by atoms with E-state index >= 15 is 0 Å². The zero-order valence-corrected chi connectivity index (χ0v) is 10.7. The van der Waals surface area contributed by atoms with E-state index in [1.165, 1.54) is 23.1 Å². The Kier molecular flexibility index (Phi) is 3.78. The smallest absolute Gasteiger partial charge is 0.393 e. The molecular weight excluding hydrogens is 273 g/mol. The van der Waals surface area contributed by atoms with Crippen molar-refractivity contribution in [3.05, 3.63) is 23.8 Å². The molecule has 20 heavy (non-hydrogen) atoms. The van der Waals surface area contributed by atoms with Gasteiger partial charge in [0.1, 0.15) is 0 Å². The first-order valence-corrected chi connectivity index (χ1v) is 6.23. The molecule has 110 valence electrons. The van der Waals surface area contributed by atoms with Crippen molar-refractivity contribution in [1.82, 2.24) is 0 Å². The van der Waals surface area contributed by atoms with Crippen molar-refractivity contribution < 1.29 is 23.1 Å². The Hall–Kier alpha value is -1.92. The zero-order valence-electron chi connectivity index (χ0n) is 10.7. The van der Waals surface area contributed by atoms with Crippen LogP contribution in [0, 0.1) is 5.92 Å². The number of hydrogen-bond donors (Lipinski definition) is 2. The van der Waals surface area contributed by atoms with Crippen molar-refractivity contribution in [1.29, 1.82) is 0 Å². The van der Waals surface area contributed by atoms with Crippen molar-refractivity contribution in [3.8, 4) is 0 Å². The van der Waals surface area contributed by atoms with Crippen molar-refractivity contribution in [2.75, 3.05) is 23.7 Å². The van der Waals surface area contributed by atoms with E-state index in [9.17, 15) is 18.0 Å². The molecule has 1 aliphatic heterocycles. The standard InChI is InChI=1S/C13H15F3N2O2/c14-13(15,16)9-2-1-5-18(7-9)11-6-8(12(19)20)3-4-10(11)17/h3-4,6,9H,1-2,5,7,17H2,(H,19,20). The van der Waals surface area contributed by atoms with Crippen molar-refractivity contribution in [3.63, 3.8) is 0 Å². The quantitative estimate of drug-likeness (QED) is 0.821. The van der Waals surface area contributed by atoms with E-state index in [2.05, 4.69) is 0 Å². The Balaban J connectivity index is 2.27. The third-order valence-corrected chi connectivity index (χ3v) is 3.50. The number of nitrogen functional groups attached to an aromatic ring is 1. The van der Waals surface area contributed by atoms with E-state index < -0.39 is 18.1 Å². The molecule has 1 fully saturated rings. The van der Waals surface area contributed by atoms with Crippen LogP contribution in [0.1, 0.15) is 23.2 Å².